The predicted octanol–water partition coefficient (Wildman–Crippen LogP) is 1.45. The second kappa shape index (κ2) is 5.25. The van der Waals surface area contributed by atoms with Crippen molar-refractivity contribution in [2.24, 2.45) is 0 Å². The number of aliphatic carboxylic acids is 1. The maximum Gasteiger partial charge on any atom is 0.326 e. The molecule has 0 saturated heterocycles. The monoisotopic (exact) mass is 277 g/mol. The third kappa shape index (κ3) is 2.54. The summed E-state index contributed by atoms with van der Waals surface area (Å²) in [5.74, 6) is -1.29. The van der Waals surface area contributed by atoms with E-state index in [1.54, 1.807) is 13.8 Å². The molecule has 0 radical (unpaired) electrons. The summed E-state index contributed by atoms with van der Waals surface area (Å²) in [7, 11) is 1.45. The van der Waals surface area contributed by atoms with Gasteiger partial charge in [0, 0.05) is 20.1 Å². The molecule has 0 aromatic heterocycles. The molecule has 0 aliphatic carbocycles. The van der Waals surface area contributed by atoms with Crippen molar-refractivity contribution in [3.05, 3.63) is 35.4 Å². The largest absolute Gasteiger partial charge is 0.480 e. The molecule has 0 saturated carbocycles. The lowest BCUT2D eigenvalue weighted by Gasteiger charge is -2.38. The zero-order valence-corrected chi connectivity index (χ0v) is 11.9. The van der Waals surface area contributed by atoms with Gasteiger partial charge in [0.05, 0.1) is 0 Å². The van der Waals surface area contributed by atoms with Gasteiger partial charge in [-0.05, 0) is 25.0 Å². The van der Waals surface area contributed by atoms with E-state index in [2.05, 4.69) is 0 Å². The second-order valence-electron chi connectivity index (χ2n) is 5.47. The molecule has 0 fully saturated rings. The average Bonchev–Trinajstić information content (AvgIpc) is 2.44. The summed E-state index contributed by atoms with van der Waals surface area (Å²) in [6.07, 6.45) is 0.330. The summed E-state index contributed by atoms with van der Waals surface area (Å²) in [6.45, 7) is 3.60. The number of fused-ring (bicyclic) bond motifs is 1. The van der Waals surface area contributed by atoms with E-state index in [1.807, 2.05) is 24.3 Å². The van der Waals surface area contributed by atoms with Gasteiger partial charge in [-0.2, -0.15) is 0 Å². The summed E-state index contributed by atoms with van der Waals surface area (Å²) in [5.41, 5.74) is 0.949. The summed E-state index contributed by atoms with van der Waals surface area (Å²) >= 11 is 0. The molecule has 5 nitrogen and oxygen atoms in total. The standard InChI is InChI=1S/C15H19NO4/c1-15(2,20-3)14(19)16-9-11-7-5-4-6-10(11)8-12(16)13(17)18/h4-7,12H,8-9H2,1-3H3,(H,17,18)/t12-/m0/s1. The van der Waals surface area contributed by atoms with E-state index >= 15 is 0 Å². The molecule has 1 aliphatic rings. The molecular weight excluding hydrogens is 258 g/mol. The summed E-state index contributed by atoms with van der Waals surface area (Å²) in [6, 6.07) is 6.77. The highest BCUT2D eigenvalue weighted by atomic mass is 16.5. The molecule has 0 spiro atoms. The van der Waals surface area contributed by atoms with Gasteiger partial charge in [-0.25, -0.2) is 4.79 Å². The van der Waals surface area contributed by atoms with Crippen LogP contribution in [0.3, 0.4) is 0 Å². The first-order valence-electron chi connectivity index (χ1n) is 6.52. The fourth-order valence-electron chi connectivity index (χ4n) is 2.39. The van der Waals surface area contributed by atoms with Gasteiger partial charge in [-0.15, -0.1) is 0 Å². The number of nitrogens with zero attached hydrogens (tertiary/aromatic N) is 1. The van der Waals surface area contributed by atoms with Crippen LogP contribution in [0.4, 0.5) is 0 Å². The zero-order chi connectivity index (χ0) is 14.9. The van der Waals surface area contributed by atoms with Crippen LogP contribution in [-0.4, -0.2) is 40.6 Å². The zero-order valence-electron chi connectivity index (χ0n) is 11.9. The topological polar surface area (TPSA) is 66.8 Å². The van der Waals surface area contributed by atoms with Crippen LogP contribution in [0.25, 0.3) is 0 Å². The normalized spacial score (nSPS) is 18.6. The quantitative estimate of drug-likeness (QED) is 0.908. The maximum atomic E-state index is 12.5. The molecule has 1 aromatic rings. The highest BCUT2D eigenvalue weighted by Gasteiger charge is 2.40. The molecule has 1 N–H and O–H groups in total. The Balaban J connectivity index is 2.36. The molecule has 20 heavy (non-hydrogen) atoms. The number of hydrogen-bond donors (Lipinski definition) is 1. The molecule has 108 valence electrons. The molecule has 0 bridgehead atoms. The van der Waals surface area contributed by atoms with E-state index in [9.17, 15) is 14.7 Å². The Morgan fingerprint density at radius 1 is 1.30 bits per heavy atom. The second-order valence-corrected chi connectivity index (χ2v) is 5.47. The van der Waals surface area contributed by atoms with Crippen molar-refractivity contribution in [1.82, 2.24) is 4.90 Å². The lowest BCUT2D eigenvalue weighted by Crippen LogP contribution is -2.55. The third-order valence-corrected chi connectivity index (χ3v) is 3.82. The Labute approximate surface area is 118 Å². The van der Waals surface area contributed by atoms with Gasteiger partial charge in [0.1, 0.15) is 11.6 Å². The lowest BCUT2D eigenvalue weighted by molar-refractivity contribution is -0.162. The van der Waals surface area contributed by atoms with Crippen LogP contribution < -0.4 is 0 Å². The molecule has 1 amide bonds. The number of carboxylic acid groups (broad SMARTS) is 1. The number of amides is 1. The Kier molecular flexibility index (Phi) is 3.81. The van der Waals surface area contributed by atoms with Crippen LogP contribution >= 0.6 is 0 Å². The molecule has 1 aliphatic heterocycles. The van der Waals surface area contributed by atoms with Crippen molar-refractivity contribution in [3.8, 4) is 0 Å². The smallest absolute Gasteiger partial charge is 0.326 e. The summed E-state index contributed by atoms with van der Waals surface area (Å²) in [5, 5.41) is 9.39. The fraction of sp³-hybridized carbons (Fsp3) is 0.467. The van der Waals surface area contributed by atoms with Crippen LogP contribution in [0.1, 0.15) is 25.0 Å². The van der Waals surface area contributed by atoms with Crippen LogP contribution in [-0.2, 0) is 27.3 Å². The number of methoxy groups -OCH3 is 1. The third-order valence-electron chi connectivity index (χ3n) is 3.82. The number of carbonyl (C=O) groups excluding carboxylic acids is 1. The molecule has 1 aromatic carbocycles. The van der Waals surface area contributed by atoms with Gasteiger partial charge in [0.2, 0.25) is 0 Å². The number of rotatable bonds is 3. The lowest BCUT2D eigenvalue weighted by atomic mass is 9.92. The molecule has 0 unspecified atom stereocenters. The van der Waals surface area contributed by atoms with Gasteiger partial charge in [0.15, 0.2) is 0 Å². The van der Waals surface area contributed by atoms with Gasteiger partial charge in [0.25, 0.3) is 5.91 Å². The van der Waals surface area contributed by atoms with Gasteiger partial charge < -0.3 is 14.7 Å². The minimum Gasteiger partial charge on any atom is -0.480 e. The average molecular weight is 277 g/mol. The maximum absolute atomic E-state index is 12.5. The van der Waals surface area contributed by atoms with Crippen molar-refractivity contribution >= 4 is 11.9 Å². The van der Waals surface area contributed by atoms with Gasteiger partial charge in [-0.3, -0.25) is 4.79 Å². The fourth-order valence-corrected chi connectivity index (χ4v) is 2.39. The van der Waals surface area contributed by atoms with E-state index in [0.717, 1.165) is 11.1 Å². The molecule has 2 rings (SSSR count). The molecule has 1 heterocycles. The highest BCUT2D eigenvalue weighted by molar-refractivity contribution is 5.89. The first-order chi connectivity index (χ1) is 9.36. The number of benzene rings is 1. The summed E-state index contributed by atoms with van der Waals surface area (Å²) < 4.78 is 5.18. The van der Waals surface area contributed by atoms with Crippen LogP contribution in [0.2, 0.25) is 0 Å². The van der Waals surface area contributed by atoms with Crippen molar-refractivity contribution in [3.63, 3.8) is 0 Å². The van der Waals surface area contributed by atoms with E-state index in [1.165, 1.54) is 12.0 Å². The summed E-state index contributed by atoms with van der Waals surface area (Å²) in [4.78, 5) is 25.4. The van der Waals surface area contributed by atoms with E-state index < -0.39 is 17.6 Å². The number of hydrogen-bond acceptors (Lipinski definition) is 3. The minimum absolute atomic E-state index is 0.304. The van der Waals surface area contributed by atoms with E-state index in [-0.39, 0.29) is 5.91 Å². The van der Waals surface area contributed by atoms with Crippen molar-refractivity contribution in [2.45, 2.75) is 38.5 Å². The number of carboxylic acids is 1. The first kappa shape index (κ1) is 14.5. The molecule has 5 heteroatoms. The Bertz CT molecular complexity index is 538. The van der Waals surface area contributed by atoms with Crippen molar-refractivity contribution in [1.29, 1.82) is 0 Å². The number of ether oxygens (including phenoxy) is 1. The Hall–Kier alpha value is -1.88. The van der Waals surface area contributed by atoms with Crippen LogP contribution in [0.5, 0.6) is 0 Å². The first-order valence-corrected chi connectivity index (χ1v) is 6.52. The SMILES string of the molecule is COC(C)(C)C(=O)N1Cc2ccccc2C[C@H]1C(=O)O. The van der Waals surface area contributed by atoms with Crippen LogP contribution in [0, 0.1) is 0 Å². The minimum atomic E-state index is -1.03. The van der Waals surface area contributed by atoms with E-state index in [4.69, 9.17) is 4.74 Å². The Morgan fingerprint density at radius 3 is 2.45 bits per heavy atom. The Morgan fingerprint density at radius 2 is 1.90 bits per heavy atom. The number of carbonyl (C=O) groups is 2. The van der Waals surface area contributed by atoms with Gasteiger partial charge >= 0.3 is 5.97 Å². The molecule has 1 atom stereocenters. The van der Waals surface area contributed by atoms with E-state index in [0.29, 0.717) is 13.0 Å². The highest BCUT2D eigenvalue weighted by Crippen LogP contribution is 2.26. The van der Waals surface area contributed by atoms with Crippen molar-refractivity contribution < 1.29 is 19.4 Å². The molecular formula is C15H19NO4. The predicted molar refractivity (Wildman–Crippen MR) is 73.2 cm³/mol. The van der Waals surface area contributed by atoms with Crippen molar-refractivity contribution in [2.75, 3.05) is 7.11 Å². The van der Waals surface area contributed by atoms with Crippen LogP contribution in [0.15, 0.2) is 24.3 Å². The van der Waals surface area contributed by atoms with Gasteiger partial charge in [-0.1, -0.05) is 24.3 Å².